The third-order valence-corrected chi connectivity index (χ3v) is 14.2. The Morgan fingerprint density at radius 1 is 0.439 bits per heavy atom. The molecule has 0 heterocycles. The largest absolute Gasteiger partial charge is 1.09 e. The summed E-state index contributed by atoms with van der Waals surface area (Å²) in [5.74, 6) is 0.348. The Kier molecular flexibility index (Phi) is 10.2. The highest BCUT2D eigenvalue weighted by Crippen LogP contribution is 2.39. The third-order valence-electron chi connectivity index (χ3n) is 6.17. The lowest BCUT2D eigenvalue weighted by molar-refractivity contribution is 0.310. The van der Waals surface area contributed by atoms with Gasteiger partial charge in [0.2, 0.25) is 0 Å². The molecule has 0 unspecified atom stereocenters. The van der Waals surface area contributed by atoms with Crippen LogP contribution in [-0.4, -0.2) is 23.5 Å². The second-order valence-corrected chi connectivity index (χ2v) is 16.4. The standard InChI is InChI=1S/C18H15OSi.2C6H3Cl3O.Al/c19-20(16-10-4-1-5-11-16,17-12-6-2-7-13-17)18-14-8-3-9-15-18;2*7-3-1-4(8)6(10)5(9)2-3;/h1-15H;2*1-2,10H;/q-1;;;+3/p-2. The molecular formula is C30H19AlCl6O3Si. The summed E-state index contributed by atoms with van der Waals surface area (Å²) in [6, 6.07) is 36.1. The normalized spacial score (nSPS) is 11.3. The lowest BCUT2D eigenvalue weighted by atomic mass is 10.3. The molecule has 0 N–H and O–H groups in total. The maximum Gasteiger partial charge on any atom is 1.09 e. The van der Waals surface area contributed by atoms with Crippen molar-refractivity contribution in [2.24, 2.45) is 0 Å². The summed E-state index contributed by atoms with van der Waals surface area (Å²) in [7, 11) is -3.30. The van der Waals surface area contributed by atoms with Crippen LogP contribution in [0.5, 0.6) is 11.5 Å². The van der Waals surface area contributed by atoms with Gasteiger partial charge in [-0.25, -0.2) is 0 Å². The first-order chi connectivity index (χ1) is 19.8. The third kappa shape index (κ3) is 6.88. The lowest BCUT2D eigenvalue weighted by Gasteiger charge is -2.35. The van der Waals surface area contributed by atoms with E-state index in [1.807, 2.05) is 91.0 Å². The number of rotatable bonds is 9. The van der Waals surface area contributed by atoms with Crippen LogP contribution in [-0.2, 0) is 3.48 Å². The molecule has 0 radical (unpaired) electrons. The van der Waals surface area contributed by atoms with Crippen molar-refractivity contribution in [3.8, 4) is 11.5 Å². The molecule has 0 aromatic heterocycles. The predicted molar refractivity (Wildman–Crippen MR) is 175 cm³/mol. The summed E-state index contributed by atoms with van der Waals surface area (Å²) in [6.07, 6.45) is 0. The van der Waals surface area contributed by atoms with E-state index in [9.17, 15) is 0 Å². The van der Waals surface area contributed by atoms with Gasteiger partial charge in [-0.3, -0.25) is 0 Å². The van der Waals surface area contributed by atoms with E-state index in [-0.39, 0.29) is 31.6 Å². The van der Waals surface area contributed by atoms with Gasteiger partial charge in [0.25, 0.3) is 8.32 Å². The maximum absolute atomic E-state index is 7.22. The summed E-state index contributed by atoms with van der Waals surface area (Å²) in [5, 5.41) is 4.45. The molecule has 0 saturated heterocycles. The van der Waals surface area contributed by atoms with Gasteiger partial charge in [-0.05, 0) is 39.8 Å². The monoisotopic (exact) mass is 692 g/mol. The summed E-state index contributed by atoms with van der Waals surface area (Å²) < 4.78 is 20.1. The molecule has 0 spiro atoms. The van der Waals surface area contributed by atoms with Crippen LogP contribution in [0.15, 0.2) is 115 Å². The minimum absolute atomic E-state index is 0.174. The lowest BCUT2D eigenvalue weighted by Crippen LogP contribution is -2.72. The molecule has 5 rings (SSSR count). The Balaban J connectivity index is 1.72. The molecule has 206 valence electrons. The minimum atomic E-state index is -3.33. The molecular weight excluding hydrogens is 676 g/mol. The topological polar surface area (TPSA) is 27.7 Å². The van der Waals surface area contributed by atoms with Crippen LogP contribution in [0.25, 0.3) is 0 Å². The molecule has 0 amide bonds. The molecule has 0 bridgehead atoms. The zero-order valence-electron chi connectivity index (χ0n) is 21.0. The molecule has 5 aromatic carbocycles. The van der Waals surface area contributed by atoms with Gasteiger partial charge in [0.1, 0.15) is 11.5 Å². The molecule has 3 nitrogen and oxygen atoms in total. The van der Waals surface area contributed by atoms with Crippen molar-refractivity contribution in [1.29, 1.82) is 0 Å². The highest BCUT2D eigenvalue weighted by Gasteiger charge is 2.53. The summed E-state index contributed by atoms with van der Waals surface area (Å²) in [6.45, 7) is 0. The predicted octanol–water partition coefficient (Wildman–Crippen LogP) is 8.73. The number of hydrogen-bond acceptors (Lipinski definition) is 3. The van der Waals surface area contributed by atoms with Gasteiger partial charge in [-0.2, -0.15) is 0 Å². The molecule has 0 atom stereocenters. The van der Waals surface area contributed by atoms with Gasteiger partial charge >= 0.3 is 15.1 Å². The molecule has 0 saturated carbocycles. The Labute approximate surface area is 274 Å². The van der Waals surface area contributed by atoms with Crippen molar-refractivity contribution in [1.82, 2.24) is 0 Å². The second kappa shape index (κ2) is 13.6. The smallest absolute Gasteiger partial charge is 0.586 e. The van der Waals surface area contributed by atoms with Crippen molar-refractivity contribution in [2.45, 2.75) is 0 Å². The Morgan fingerprint density at radius 2 is 0.732 bits per heavy atom. The fraction of sp³-hybridized carbons (Fsp3) is 0. The fourth-order valence-corrected chi connectivity index (χ4v) is 13.6. The Bertz CT molecular complexity index is 1440. The van der Waals surface area contributed by atoms with Gasteiger partial charge < -0.3 is 11.1 Å². The first-order valence-corrected chi connectivity index (χ1v) is 17.8. The number of hydrogen-bond donors (Lipinski definition) is 0. The SMILES string of the molecule is Clc1cc(Cl)c([O][Al]([O]c2c(Cl)cc(Cl)cc2Cl)[O][Si](c2ccccc2)(c2ccccc2)c2ccccc2)c(Cl)c1. The highest BCUT2D eigenvalue weighted by molar-refractivity contribution is 7.09. The van der Waals surface area contributed by atoms with Crippen molar-refractivity contribution in [3.05, 3.63) is 145 Å². The second-order valence-electron chi connectivity index (χ2n) is 8.82. The molecule has 11 heteroatoms. The highest BCUT2D eigenvalue weighted by atomic mass is 35.5. The molecule has 0 aliphatic heterocycles. The molecule has 0 aliphatic carbocycles. The van der Waals surface area contributed by atoms with E-state index in [2.05, 4.69) is 0 Å². The van der Waals surface area contributed by atoms with Crippen LogP contribution in [0, 0.1) is 0 Å². The molecule has 0 aliphatic rings. The van der Waals surface area contributed by atoms with Gasteiger partial charge in [-0.1, -0.05) is 161 Å². The number of benzene rings is 5. The van der Waals surface area contributed by atoms with Crippen molar-refractivity contribution in [3.63, 3.8) is 0 Å². The van der Waals surface area contributed by atoms with E-state index in [0.29, 0.717) is 10.0 Å². The van der Waals surface area contributed by atoms with E-state index >= 15 is 0 Å². The summed E-state index contributed by atoms with van der Waals surface area (Å²) >= 11 is 35.2. The molecule has 41 heavy (non-hydrogen) atoms. The van der Waals surface area contributed by atoms with E-state index in [4.69, 9.17) is 80.7 Å². The fourth-order valence-electron chi connectivity index (χ4n) is 4.41. The van der Waals surface area contributed by atoms with E-state index in [0.717, 1.165) is 15.6 Å². The van der Waals surface area contributed by atoms with E-state index < -0.39 is 23.5 Å². The first kappa shape index (κ1) is 30.6. The zero-order valence-corrected chi connectivity index (χ0v) is 27.7. The van der Waals surface area contributed by atoms with Crippen molar-refractivity contribution >= 4 is 109 Å². The van der Waals surface area contributed by atoms with Gasteiger partial charge in [0.15, 0.2) is 0 Å². The van der Waals surface area contributed by atoms with E-state index in [1.54, 1.807) is 0 Å². The molecule has 0 fully saturated rings. The Hall–Kier alpha value is -1.85. The zero-order chi connectivity index (χ0) is 29.0. The first-order valence-electron chi connectivity index (χ1n) is 12.2. The summed E-state index contributed by atoms with van der Waals surface area (Å²) in [4.78, 5) is 0. The van der Waals surface area contributed by atoms with Crippen LogP contribution < -0.4 is 23.1 Å². The van der Waals surface area contributed by atoms with Crippen LogP contribution in [0.4, 0.5) is 0 Å². The quantitative estimate of drug-likeness (QED) is 0.114. The van der Waals surface area contributed by atoms with Crippen molar-refractivity contribution in [2.75, 3.05) is 0 Å². The maximum atomic E-state index is 7.22. The van der Waals surface area contributed by atoms with Crippen molar-refractivity contribution < 1.29 is 11.1 Å². The average molecular weight is 695 g/mol. The van der Waals surface area contributed by atoms with Crippen LogP contribution in [0.3, 0.4) is 0 Å². The average Bonchev–Trinajstić information content (AvgIpc) is 2.96. The van der Waals surface area contributed by atoms with Crippen LogP contribution >= 0.6 is 69.6 Å². The van der Waals surface area contributed by atoms with Crippen LogP contribution in [0.1, 0.15) is 0 Å². The van der Waals surface area contributed by atoms with Gasteiger partial charge in [0, 0.05) is 10.0 Å². The van der Waals surface area contributed by atoms with Gasteiger partial charge in [-0.15, -0.1) is 0 Å². The van der Waals surface area contributed by atoms with Crippen LogP contribution in [0.2, 0.25) is 30.1 Å². The number of halogens is 6. The summed E-state index contributed by atoms with van der Waals surface area (Å²) in [5.41, 5.74) is 0. The molecule has 5 aromatic rings. The Morgan fingerprint density at radius 3 is 1.02 bits per heavy atom. The minimum Gasteiger partial charge on any atom is -0.586 e. The van der Waals surface area contributed by atoms with Gasteiger partial charge in [0.05, 0.1) is 20.1 Å². The van der Waals surface area contributed by atoms with E-state index in [1.165, 1.54) is 24.3 Å².